The highest BCUT2D eigenvalue weighted by molar-refractivity contribution is 6.31. The first kappa shape index (κ1) is 11.0. The Labute approximate surface area is 89.7 Å². The summed E-state index contributed by atoms with van der Waals surface area (Å²) in [5.41, 5.74) is 2.21. The Bertz CT molecular complexity index is 424. The van der Waals surface area contributed by atoms with E-state index in [9.17, 15) is 0 Å². The Kier molecular flexibility index (Phi) is 3.90. The standard InChI is InChI=1S/C10H8ClN.C2H6/c1-7-4-5-12-10-3-2-8(11)6-9(7)10;1-2/h2-6H,1H3;1-2H3. The summed E-state index contributed by atoms with van der Waals surface area (Å²) in [5, 5.41) is 1.89. The van der Waals surface area contributed by atoms with Crippen molar-refractivity contribution in [1.29, 1.82) is 0 Å². The van der Waals surface area contributed by atoms with Crippen LogP contribution in [0.4, 0.5) is 0 Å². The summed E-state index contributed by atoms with van der Waals surface area (Å²) in [6.07, 6.45) is 1.81. The van der Waals surface area contributed by atoms with E-state index in [1.807, 2.05) is 44.3 Å². The lowest BCUT2D eigenvalue weighted by atomic mass is 10.1. The van der Waals surface area contributed by atoms with Gasteiger partial charge in [-0.2, -0.15) is 0 Å². The number of benzene rings is 1. The van der Waals surface area contributed by atoms with Gasteiger partial charge in [0.2, 0.25) is 0 Å². The third-order valence-corrected chi connectivity index (χ3v) is 2.16. The number of nitrogens with zero attached hydrogens (tertiary/aromatic N) is 1. The molecule has 0 aliphatic carbocycles. The molecule has 14 heavy (non-hydrogen) atoms. The van der Waals surface area contributed by atoms with Crippen LogP contribution in [0, 0.1) is 6.92 Å². The van der Waals surface area contributed by atoms with Crippen LogP contribution in [-0.4, -0.2) is 4.98 Å². The Balaban J connectivity index is 0.000000461. The zero-order valence-electron chi connectivity index (χ0n) is 8.71. The molecule has 1 heterocycles. The maximum Gasteiger partial charge on any atom is 0.0705 e. The van der Waals surface area contributed by atoms with Gasteiger partial charge in [-0.25, -0.2) is 0 Å². The van der Waals surface area contributed by atoms with E-state index in [4.69, 9.17) is 11.6 Å². The van der Waals surface area contributed by atoms with E-state index in [-0.39, 0.29) is 0 Å². The Morgan fingerprint density at radius 3 is 2.57 bits per heavy atom. The maximum atomic E-state index is 5.86. The molecule has 74 valence electrons. The number of pyridine rings is 1. The van der Waals surface area contributed by atoms with Crippen LogP contribution < -0.4 is 0 Å². The summed E-state index contributed by atoms with van der Waals surface area (Å²) in [6.45, 7) is 6.06. The smallest absolute Gasteiger partial charge is 0.0705 e. The zero-order chi connectivity index (χ0) is 10.6. The Morgan fingerprint density at radius 2 is 1.86 bits per heavy atom. The molecule has 0 bridgehead atoms. The van der Waals surface area contributed by atoms with Gasteiger partial charge in [-0.15, -0.1) is 0 Å². The number of fused-ring (bicyclic) bond motifs is 1. The molecular formula is C12H14ClN. The molecule has 0 N–H and O–H groups in total. The molecule has 0 spiro atoms. The summed E-state index contributed by atoms with van der Waals surface area (Å²) < 4.78 is 0. The van der Waals surface area contributed by atoms with Crippen LogP contribution in [0.15, 0.2) is 30.5 Å². The molecule has 0 unspecified atom stereocenters. The SMILES string of the molecule is CC.Cc1ccnc2ccc(Cl)cc12. The van der Waals surface area contributed by atoms with Gasteiger partial charge in [0.15, 0.2) is 0 Å². The average molecular weight is 208 g/mol. The first-order valence-corrected chi connectivity index (χ1v) is 5.16. The van der Waals surface area contributed by atoms with E-state index in [1.54, 1.807) is 0 Å². The van der Waals surface area contributed by atoms with Gasteiger partial charge >= 0.3 is 0 Å². The number of rotatable bonds is 0. The molecule has 0 saturated heterocycles. The summed E-state index contributed by atoms with van der Waals surface area (Å²) in [6, 6.07) is 7.72. The molecule has 0 fully saturated rings. The summed E-state index contributed by atoms with van der Waals surface area (Å²) in [4.78, 5) is 4.22. The van der Waals surface area contributed by atoms with Crippen molar-refractivity contribution in [2.45, 2.75) is 20.8 Å². The van der Waals surface area contributed by atoms with Crippen LogP contribution in [0.25, 0.3) is 10.9 Å². The lowest BCUT2D eigenvalue weighted by Crippen LogP contribution is -1.81. The lowest BCUT2D eigenvalue weighted by molar-refractivity contribution is 1.37. The van der Waals surface area contributed by atoms with Gasteiger partial charge in [0.05, 0.1) is 5.52 Å². The summed E-state index contributed by atoms with van der Waals surface area (Å²) in [7, 11) is 0. The molecule has 0 radical (unpaired) electrons. The minimum absolute atomic E-state index is 0.763. The monoisotopic (exact) mass is 207 g/mol. The molecule has 2 aromatic rings. The van der Waals surface area contributed by atoms with Crippen molar-refractivity contribution in [3.8, 4) is 0 Å². The third kappa shape index (κ3) is 2.24. The highest BCUT2D eigenvalue weighted by Crippen LogP contribution is 2.19. The first-order valence-electron chi connectivity index (χ1n) is 4.78. The van der Waals surface area contributed by atoms with E-state index >= 15 is 0 Å². The fraction of sp³-hybridized carbons (Fsp3) is 0.250. The molecule has 1 aromatic heterocycles. The van der Waals surface area contributed by atoms with Crippen LogP contribution in [0.2, 0.25) is 5.02 Å². The molecule has 2 heteroatoms. The van der Waals surface area contributed by atoms with Crippen molar-refractivity contribution in [2.75, 3.05) is 0 Å². The van der Waals surface area contributed by atoms with Gasteiger partial charge in [0, 0.05) is 16.6 Å². The van der Waals surface area contributed by atoms with Gasteiger partial charge in [-0.05, 0) is 36.8 Å². The van der Waals surface area contributed by atoms with Gasteiger partial charge in [0.1, 0.15) is 0 Å². The maximum absolute atomic E-state index is 5.86. The Hall–Kier alpha value is -1.08. The molecule has 0 amide bonds. The second-order valence-corrected chi connectivity index (χ2v) is 3.23. The highest BCUT2D eigenvalue weighted by atomic mass is 35.5. The molecule has 0 aliphatic heterocycles. The van der Waals surface area contributed by atoms with Crippen LogP contribution in [0.3, 0.4) is 0 Å². The molecule has 0 aliphatic rings. The number of aryl methyl sites for hydroxylation is 1. The van der Waals surface area contributed by atoms with Crippen molar-refractivity contribution in [1.82, 2.24) is 4.98 Å². The fourth-order valence-corrected chi connectivity index (χ4v) is 1.43. The fourth-order valence-electron chi connectivity index (χ4n) is 1.26. The molecule has 0 saturated carbocycles. The van der Waals surface area contributed by atoms with Crippen LogP contribution in [0.1, 0.15) is 19.4 Å². The molecule has 1 aromatic carbocycles. The predicted octanol–water partition coefficient (Wildman–Crippen LogP) is 4.22. The van der Waals surface area contributed by atoms with Crippen molar-refractivity contribution in [2.24, 2.45) is 0 Å². The number of hydrogen-bond donors (Lipinski definition) is 0. The lowest BCUT2D eigenvalue weighted by Gasteiger charge is -2.00. The number of halogens is 1. The molecule has 2 rings (SSSR count). The van der Waals surface area contributed by atoms with Crippen LogP contribution >= 0.6 is 11.6 Å². The van der Waals surface area contributed by atoms with Crippen molar-refractivity contribution in [3.05, 3.63) is 41.0 Å². The van der Waals surface area contributed by atoms with Gasteiger partial charge in [-0.1, -0.05) is 25.4 Å². The second kappa shape index (κ2) is 4.97. The second-order valence-electron chi connectivity index (χ2n) is 2.79. The van der Waals surface area contributed by atoms with Crippen LogP contribution in [-0.2, 0) is 0 Å². The van der Waals surface area contributed by atoms with Gasteiger partial charge < -0.3 is 0 Å². The molecular weight excluding hydrogens is 194 g/mol. The molecule has 0 atom stereocenters. The molecule has 1 nitrogen and oxygen atoms in total. The van der Waals surface area contributed by atoms with Crippen molar-refractivity contribution in [3.63, 3.8) is 0 Å². The van der Waals surface area contributed by atoms with E-state index in [0.29, 0.717) is 0 Å². The first-order chi connectivity index (χ1) is 6.77. The van der Waals surface area contributed by atoms with Crippen LogP contribution in [0.5, 0.6) is 0 Å². The average Bonchev–Trinajstić information content (AvgIpc) is 2.22. The Morgan fingerprint density at radius 1 is 1.14 bits per heavy atom. The minimum Gasteiger partial charge on any atom is -0.256 e. The quantitative estimate of drug-likeness (QED) is 0.630. The summed E-state index contributed by atoms with van der Waals surface area (Å²) in [5.74, 6) is 0. The largest absolute Gasteiger partial charge is 0.256 e. The number of hydrogen-bond acceptors (Lipinski definition) is 1. The third-order valence-electron chi connectivity index (χ3n) is 1.92. The van der Waals surface area contributed by atoms with E-state index in [0.717, 1.165) is 15.9 Å². The summed E-state index contributed by atoms with van der Waals surface area (Å²) >= 11 is 5.86. The van der Waals surface area contributed by atoms with E-state index in [2.05, 4.69) is 11.9 Å². The predicted molar refractivity (Wildman–Crippen MR) is 62.8 cm³/mol. The topological polar surface area (TPSA) is 12.9 Å². The van der Waals surface area contributed by atoms with E-state index < -0.39 is 0 Å². The van der Waals surface area contributed by atoms with E-state index in [1.165, 1.54) is 5.56 Å². The van der Waals surface area contributed by atoms with Crippen molar-refractivity contribution < 1.29 is 0 Å². The highest BCUT2D eigenvalue weighted by Gasteiger charge is 1.97. The zero-order valence-corrected chi connectivity index (χ0v) is 9.47. The minimum atomic E-state index is 0.763. The van der Waals surface area contributed by atoms with Crippen molar-refractivity contribution >= 4 is 22.5 Å². The normalized spacial score (nSPS) is 9.43. The van der Waals surface area contributed by atoms with Gasteiger partial charge in [-0.3, -0.25) is 4.98 Å². The number of aromatic nitrogens is 1. The van der Waals surface area contributed by atoms with Gasteiger partial charge in [0.25, 0.3) is 0 Å².